The summed E-state index contributed by atoms with van der Waals surface area (Å²) in [5.41, 5.74) is 0.973. The van der Waals surface area contributed by atoms with E-state index in [2.05, 4.69) is 23.4 Å². The first-order valence-corrected chi connectivity index (χ1v) is 7.39. The third-order valence-corrected chi connectivity index (χ3v) is 3.64. The highest BCUT2D eigenvalue weighted by Gasteiger charge is 2.27. The Hall–Kier alpha value is -2.24. The number of carboxylic acids is 1. The van der Waals surface area contributed by atoms with Crippen LogP contribution in [-0.4, -0.2) is 59.1 Å². The number of aliphatic carboxylic acids is 1. The zero-order chi connectivity index (χ0) is 16.7. The van der Waals surface area contributed by atoms with Crippen LogP contribution in [0.25, 0.3) is 0 Å². The van der Waals surface area contributed by atoms with Gasteiger partial charge >= 0.3 is 12.0 Å². The predicted octanol–water partition coefficient (Wildman–Crippen LogP) is 1.68. The van der Waals surface area contributed by atoms with Crippen LogP contribution in [0.4, 0.5) is 4.79 Å². The number of carboxylic acid groups (broad SMARTS) is 1. The molecule has 0 unspecified atom stereocenters. The van der Waals surface area contributed by atoms with Crippen molar-refractivity contribution in [1.82, 2.24) is 15.1 Å². The van der Waals surface area contributed by atoms with Crippen LogP contribution in [0.2, 0.25) is 0 Å². The van der Waals surface area contributed by atoms with Crippen LogP contribution in [0.3, 0.4) is 0 Å². The minimum absolute atomic E-state index is 0.161. The third-order valence-electron chi connectivity index (χ3n) is 3.64. The summed E-state index contributed by atoms with van der Waals surface area (Å²) in [6, 6.07) is -1.19. The van der Waals surface area contributed by atoms with Crippen molar-refractivity contribution in [3.63, 3.8) is 0 Å². The molecule has 1 heterocycles. The van der Waals surface area contributed by atoms with Crippen molar-refractivity contribution in [2.24, 2.45) is 5.92 Å². The van der Waals surface area contributed by atoms with E-state index < -0.39 is 12.0 Å². The van der Waals surface area contributed by atoms with E-state index in [1.165, 1.54) is 0 Å². The Kier molecular flexibility index (Phi) is 6.69. The fourth-order valence-electron chi connectivity index (χ4n) is 2.33. The van der Waals surface area contributed by atoms with Crippen molar-refractivity contribution in [2.75, 3.05) is 26.2 Å². The van der Waals surface area contributed by atoms with Gasteiger partial charge in [-0.2, -0.15) is 0 Å². The van der Waals surface area contributed by atoms with Gasteiger partial charge in [0.05, 0.1) is 0 Å². The van der Waals surface area contributed by atoms with Crippen molar-refractivity contribution < 1.29 is 14.7 Å². The Labute approximate surface area is 131 Å². The van der Waals surface area contributed by atoms with Crippen molar-refractivity contribution in [1.29, 1.82) is 0 Å². The Morgan fingerprint density at radius 3 is 2.09 bits per heavy atom. The summed E-state index contributed by atoms with van der Waals surface area (Å²) >= 11 is 0. The average molecular weight is 307 g/mol. The van der Waals surface area contributed by atoms with Gasteiger partial charge in [-0.25, -0.2) is 9.59 Å². The van der Waals surface area contributed by atoms with Crippen molar-refractivity contribution >= 4 is 12.0 Å². The van der Waals surface area contributed by atoms with Crippen LogP contribution in [0.15, 0.2) is 37.1 Å². The SMILES string of the molecule is C=C/C=C(\C=C)N1CCN(C(=O)N[C@H](C(=O)O)C(C)C)CC1. The molecule has 0 bridgehead atoms. The zero-order valence-corrected chi connectivity index (χ0v) is 13.3. The first-order valence-electron chi connectivity index (χ1n) is 7.39. The van der Waals surface area contributed by atoms with Gasteiger partial charge in [-0.15, -0.1) is 0 Å². The molecule has 0 radical (unpaired) electrons. The molecule has 2 amide bonds. The summed E-state index contributed by atoms with van der Waals surface area (Å²) in [5.74, 6) is -1.17. The normalized spacial score (nSPS) is 17.1. The number of piperazine rings is 1. The van der Waals surface area contributed by atoms with Gasteiger partial charge in [0.1, 0.15) is 6.04 Å². The smallest absolute Gasteiger partial charge is 0.326 e. The molecule has 0 aromatic heterocycles. The first-order chi connectivity index (χ1) is 10.4. The molecule has 6 nitrogen and oxygen atoms in total. The molecule has 0 aromatic carbocycles. The van der Waals surface area contributed by atoms with Crippen LogP contribution in [-0.2, 0) is 4.79 Å². The number of nitrogens with zero attached hydrogens (tertiary/aromatic N) is 2. The molecular weight excluding hydrogens is 282 g/mol. The molecule has 1 atom stereocenters. The quantitative estimate of drug-likeness (QED) is 0.732. The standard InChI is InChI=1S/C16H25N3O3/c1-5-7-13(6-2)18-8-10-19(11-9-18)16(22)17-14(12(3)4)15(20)21/h5-7,12,14H,1-2,8-11H2,3-4H3,(H,17,22)(H,20,21)/b13-7+/t14-/m0/s1. The van der Waals surface area contributed by atoms with Crippen LogP contribution < -0.4 is 5.32 Å². The summed E-state index contributed by atoms with van der Waals surface area (Å²) in [7, 11) is 0. The zero-order valence-electron chi connectivity index (χ0n) is 13.3. The maximum atomic E-state index is 12.2. The van der Waals surface area contributed by atoms with Crippen molar-refractivity contribution in [3.8, 4) is 0 Å². The number of hydrogen-bond donors (Lipinski definition) is 2. The highest BCUT2D eigenvalue weighted by atomic mass is 16.4. The van der Waals surface area contributed by atoms with Gasteiger partial charge in [-0.05, 0) is 18.1 Å². The average Bonchev–Trinajstić information content (AvgIpc) is 2.49. The Morgan fingerprint density at radius 1 is 1.14 bits per heavy atom. The number of nitrogens with one attached hydrogen (secondary N) is 1. The maximum Gasteiger partial charge on any atom is 0.326 e. The molecule has 1 aliphatic heterocycles. The monoisotopic (exact) mass is 307 g/mol. The van der Waals surface area contributed by atoms with E-state index in [-0.39, 0.29) is 11.9 Å². The van der Waals surface area contributed by atoms with Crippen molar-refractivity contribution in [3.05, 3.63) is 37.1 Å². The molecule has 0 aliphatic carbocycles. The molecule has 22 heavy (non-hydrogen) atoms. The van der Waals surface area contributed by atoms with Gasteiger partial charge in [0.25, 0.3) is 0 Å². The number of allylic oxidation sites excluding steroid dienone is 3. The van der Waals surface area contributed by atoms with Crippen LogP contribution >= 0.6 is 0 Å². The summed E-state index contributed by atoms with van der Waals surface area (Å²) in [6.45, 7) is 13.4. The second-order valence-corrected chi connectivity index (χ2v) is 5.51. The van der Waals surface area contributed by atoms with Gasteiger partial charge < -0.3 is 20.2 Å². The number of urea groups is 1. The van der Waals surface area contributed by atoms with E-state index in [1.807, 2.05) is 6.08 Å². The number of rotatable bonds is 6. The molecule has 122 valence electrons. The highest BCUT2D eigenvalue weighted by Crippen LogP contribution is 2.11. The van der Waals surface area contributed by atoms with Gasteiger partial charge in [0, 0.05) is 31.9 Å². The largest absolute Gasteiger partial charge is 0.480 e. The lowest BCUT2D eigenvalue weighted by Crippen LogP contribution is -2.55. The molecule has 2 N–H and O–H groups in total. The van der Waals surface area contributed by atoms with Crippen LogP contribution in [0, 0.1) is 5.92 Å². The minimum Gasteiger partial charge on any atom is -0.480 e. The van der Waals surface area contributed by atoms with Gasteiger partial charge in [-0.1, -0.05) is 33.1 Å². The Bertz CT molecular complexity index is 463. The molecule has 1 fully saturated rings. The number of carbonyl (C=O) groups excluding carboxylic acids is 1. The number of carbonyl (C=O) groups is 2. The molecule has 1 rings (SSSR count). The lowest BCUT2D eigenvalue weighted by atomic mass is 10.1. The Balaban J connectivity index is 2.59. The highest BCUT2D eigenvalue weighted by molar-refractivity contribution is 5.82. The predicted molar refractivity (Wildman–Crippen MR) is 86.4 cm³/mol. The van der Waals surface area contributed by atoms with Gasteiger partial charge in [-0.3, -0.25) is 0 Å². The van der Waals surface area contributed by atoms with Crippen LogP contribution in [0.5, 0.6) is 0 Å². The van der Waals surface area contributed by atoms with E-state index in [1.54, 1.807) is 30.9 Å². The second-order valence-electron chi connectivity index (χ2n) is 5.51. The molecule has 1 aliphatic rings. The topological polar surface area (TPSA) is 72.9 Å². The summed E-state index contributed by atoms with van der Waals surface area (Å²) < 4.78 is 0. The fourth-order valence-corrected chi connectivity index (χ4v) is 2.33. The van der Waals surface area contributed by atoms with E-state index in [4.69, 9.17) is 5.11 Å². The summed E-state index contributed by atoms with van der Waals surface area (Å²) in [5, 5.41) is 11.7. The molecule has 0 spiro atoms. The molecular formula is C16H25N3O3. The summed E-state index contributed by atoms with van der Waals surface area (Å²) in [4.78, 5) is 27.1. The molecule has 1 saturated heterocycles. The van der Waals surface area contributed by atoms with Crippen molar-refractivity contribution in [2.45, 2.75) is 19.9 Å². The number of hydrogen-bond acceptors (Lipinski definition) is 3. The third kappa shape index (κ3) is 4.65. The molecule has 6 heteroatoms. The van der Waals surface area contributed by atoms with E-state index in [0.717, 1.165) is 5.70 Å². The summed E-state index contributed by atoms with van der Waals surface area (Å²) in [6.07, 6.45) is 5.34. The van der Waals surface area contributed by atoms with Crippen LogP contribution in [0.1, 0.15) is 13.8 Å². The fraction of sp³-hybridized carbons (Fsp3) is 0.500. The lowest BCUT2D eigenvalue weighted by Gasteiger charge is -2.37. The van der Waals surface area contributed by atoms with Gasteiger partial charge in [0.15, 0.2) is 0 Å². The number of amides is 2. The van der Waals surface area contributed by atoms with Gasteiger partial charge in [0.2, 0.25) is 0 Å². The second kappa shape index (κ2) is 8.26. The lowest BCUT2D eigenvalue weighted by molar-refractivity contribution is -0.140. The molecule has 0 saturated carbocycles. The first kappa shape index (κ1) is 17.8. The molecule has 0 aromatic rings. The van der Waals surface area contributed by atoms with E-state index in [9.17, 15) is 9.59 Å². The Morgan fingerprint density at radius 2 is 1.68 bits per heavy atom. The van der Waals surface area contributed by atoms with E-state index >= 15 is 0 Å². The van der Waals surface area contributed by atoms with E-state index in [0.29, 0.717) is 26.2 Å². The minimum atomic E-state index is -1.01. The maximum absolute atomic E-state index is 12.2.